The predicted molar refractivity (Wildman–Crippen MR) is 131 cm³/mol. The molecule has 8 heteroatoms. The number of benzene rings is 1. The summed E-state index contributed by atoms with van der Waals surface area (Å²) in [5.41, 5.74) is 12.6. The number of rotatable bonds is 3. The number of fused-ring (bicyclic) bond motifs is 1. The zero-order valence-corrected chi connectivity index (χ0v) is 20.5. The molecule has 2 aliphatic rings. The van der Waals surface area contributed by atoms with Gasteiger partial charge < -0.3 is 16.2 Å². The lowest BCUT2D eigenvalue weighted by Crippen LogP contribution is -2.28. The van der Waals surface area contributed by atoms with Gasteiger partial charge in [-0.25, -0.2) is 9.07 Å². The number of hydrogen-bond donors (Lipinski definition) is 2. The normalized spacial score (nSPS) is 17.0. The van der Waals surface area contributed by atoms with E-state index in [0.29, 0.717) is 35.9 Å². The van der Waals surface area contributed by atoms with Crippen molar-refractivity contribution in [3.63, 3.8) is 0 Å². The number of Topliss-reactive ketones (excluding diaryl/α,β-unsaturated/α-hetero) is 1. The van der Waals surface area contributed by atoms with E-state index in [4.69, 9.17) is 16.2 Å². The topological polar surface area (TPSA) is 113 Å². The minimum Gasteiger partial charge on any atom is -0.398 e. The highest BCUT2D eigenvalue weighted by atomic mass is 19.1. The Morgan fingerprint density at radius 2 is 1.82 bits per heavy atom. The van der Waals surface area contributed by atoms with Crippen molar-refractivity contribution in [3.8, 4) is 18.5 Å². The zero-order chi connectivity index (χ0) is 25.6. The molecule has 0 unspecified atom stereocenters. The van der Waals surface area contributed by atoms with Crippen LogP contribution in [0.1, 0.15) is 84.5 Å². The Hall–Kier alpha value is -3.18. The van der Waals surface area contributed by atoms with Crippen LogP contribution in [0.3, 0.4) is 0 Å². The number of carbonyl (C=O) groups is 2. The van der Waals surface area contributed by atoms with Crippen LogP contribution in [0, 0.1) is 31.0 Å². The molecule has 0 aliphatic heterocycles. The van der Waals surface area contributed by atoms with Crippen LogP contribution < -0.4 is 11.5 Å². The van der Waals surface area contributed by atoms with Crippen molar-refractivity contribution in [1.29, 1.82) is 0 Å². The van der Waals surface area contributed by atoms with E-state index in [1.807, 2.05) is 21.0 Å². The fourth-order valence-electron chi connectivity index (χ4n) is 4.65. The third-order valence-electron chi connectivity index (χ3n) is 6.20. The Morgan fingerprint density at radius 1 is 1.21 bits per heavy atom. The number of nitrogens with two attached hydrogens (primary N) is 2. The number of carbonyl (C=O) groups excluding carboxylic acids is 2. The number of amides is 1. The first-order valence-corrected chi connectivity index (χ1v) is 11.4. The van der Waals surface area contributed by atoms with Crippen LogP contribution in [-0.2, 0) is 11.2 Å². The van der Waals surface area contributed by atoms with Gasteiger partial charge in [-0.2, -0.15) is 5.10 Å². The van der Waals surface area contributed by atoms with Crippen molar-refractivity contribution in [2.75, 3.05) is 12.8 Å². The molecule has 0 radical (unpaired) electrons. The number of nitrogens with zero attached hydrogens (tertiary/aromatic N) is 2. The Bertz CT molecular complexity index is 1040. The molecule has 2 aromatic rings. The van der Waals surface area contributed by atoms with Crippen LogP contribution in [0.2, 0.25) is 0 Å². The van der Waals surface area contributed by atoms with Gasteiger partial charge in [0.15, 0.2) is 5.78 Å². The molecule has 2 aliphatic carbocycles. The smallest absolute Gasteiger partial charge is 0.253 e. The number of halogens is 1. The number of primary amides is 1. The Labute approximate surface area is 201 Å². The first-order valence-electron chi connectivity index (χ1n) is 11.4. The molecule has 0 atom stereocenters. The Kier molecular flexibility index (Phi) is 9.00. The first-order chi connectivity index (χ1) is 16.0. The van der Waals surface area contributed by atoms with Gasteiger partial charge in [0.2, 0.25) is 0 Å². The summed E-state index contributed by atoms with van der Waals surface area (Å²) in [6.45, 7) is 5.76. The summed E-state index contributed by atoms with van der Waals surface area (Å²) >= 11 is 0. The lowest BCUT2D eigenvalue weighted by Gasteiger charge is -2.29. The molecule has 1 fully saturated rings. The number of aromatic nitrogens is 2. The van der Waals surface area contributed by atoms with Crippen LogP contribution in [0.25, 0.3) is 5.69 Å². The van der Waals surface area contributed by atoms with Crippen molar-refractivity contribution in [2.24, 2.45) is 11.1 Å². The van der Waals surface area contributed by atoms with E-state index in [2.05, 4.69) is 17.9 Å². The van der Waals surface area contributed by atoms with Crippen LogP contribution in [0.15, 0.2) is 12.1 Å². The van der Waals surface area contributed by atoms with E-state index < -0.39 is 11.7 Å². The Balaban J connectivity index is 0.000000343. The largest absolute Gasteiger partial charge is 0.398 e. The van der Waals surface area contributed by atoms with Gasteiger partial charge in [-0.1, -0.05) is 33.1 Å². The summed E-state index contributed by atoms with van der Waals surface area (Å²) in [5, 5.41) is 4.39. The molecule has 4 rings (SSSR count). The monoisotopic (exact) mass is 470 g/mol. The van der Waals surface area contributed by atoms with E-state index in [0.717, 1.165) is 11.8 Å². The average molecular weight is 471 g/mol. The summed E-state index contributed by atoms with van der Waals surface area (Å²) in [7, 11) is 1.82. The molecular weight excluding hydrogens is 435 g/mol. The van der Waals surface area contributed by atoms with E-state index in [1.54, 1.807) is 6.92 Å². The summed E-state index contributed by atoms with van der Waals surface area (Å²) < 4.78 is 21.0. The van der Waals surface area contributed by atoms with Crippen LogP contribution in [0.5, 0.6) is 0 Å². The lowest BCUT2D eigenvalue weighted by atomic mass is 9.75. The number of ether oxygens (including phenoxy) is 1. The van der Waals surface area contributed by atoms with Gasteiger partial charge in [-0.3, -0.25) is 9.59 Å². The maximum Gasteiger partial charge on any atom is 0.253 e. The van der Waals surface area contributed by atoms with Gasteiger partial charge in [-0.05, 0) is 37.7 Å². The molecule has 1 aromatic heterocycles. The second-order valence-corrected chi connectivity index (χ2v) is 9.51. The predicted octanol–water partition coefficient (Wildman–Crippen LogP) is 4.37. The standard InChI is InChI=1S/C17H19FN4O2.C7H14O.C2H2/c1-8-14-12(6-17(2,3)7-13(14)23)22(21-8)9-4-10(18)15(16(20)24)11(19)5-9;1-8-7-5-3-2-4-6-7;1-2/h4-5H,6-7,19H2,1-3H3,(H2,20,24);7H,2-6H2,1H3;1-2H. The average Bonchev–Trinajstić information content (AvgIpc) is 3.10. The second-order valence-electron chi connectivity index (χ2n) is 9.51. The quantitative estimate of drug-likeness (QED) is 0.511. The van der Waals surface area contributed by atoms with E-state index in [-0.39, 0.29) is 22.4 Å². The first kappa shape index (κ1) is 27.1. The number of nitrogen functional groups attached to an aromatic ring is 1. The summed E-state index contributed by atoms with van der Waals surface area (Å²) in [6, 6.07) is 2.61. The molecule has 0 saturated heterocycles. The molecule has 184 valence electrons. The number of methoxy groups -OCH3 is 1. The van der Waals surface area contributed by atoms with Gasteiger partial charge >= 0.3 is 0 Å². The number of terminal acetylenes is 1. The molecule has 4 N–H and O–H groups in total. The minimum absolute atomic E-state index is 0.0344. The Morgan fingerprint density at radius 3 is 2.32 bits per heavy atom. The number of ketones is 1. The van der Waals surface area contributed by atoms with Crippen molar-refractivity contribution in [3.05, 3.63) is 40.5 Å². The highest BCUT2D eigenvalue weighted by molar-refractivity contribution is 6.00. The molecule has 1 heterocycles. The SMILES string of the molecule is C#C.COC1CCCCC1.Cc1nn(-c2cc(N)c(C(N)=O)c(F)c2)c2c1C(=O)CC(C)(C)C2. The third kappa shape index (κ3) is 6.03. The molecular formula is C26H35FN4O3. The zero-order valence-electron chi connectivity index (χ0n) is 20.5. The summed E-state index contributed by atoms with van der Waals surface area (Å²) in [6.07, 6.45) is 16.4. The molecule has 0 spiro atoms. The van der Waals surface area contributed by atoms with Crippen LogP contribution in [0.4, 0.5) is 10.1 Å². The number of anilines is 1. The fourth-order valence-corrected chi connectivity index (χ4v) is 4.65. The number of hydrogen-bond acceptors (Lipinski definition) is 5. The number of aryl methyl sites for hydroxylation is 1. The molecule has 7 nitrogen and oxygen atoms in total. The maximum absolute atomic E-state index is 14.2. The van der Waals surface area contributed by atoms with E-state index in [9.17, 15) is 14.0 Å². The highest BCUT2D eigenvalue weighted by Crippen LogP contribution is 2.37. The van der Waals surface area contributed by atoms with Crippen molar-refractivity contribution >= 4 is 17.4 Å². The van der Waals surface area contributed by atoms with Crippen molar-refractivity contribution < 1.29 is 18.7 Å². The third-order valence-corrected chi connectivity index (χ3v) is 6.20. The highest BCUT2D eigenvalue weighted by Gasteiger charge is 2.36. The van der Waals surface area contributed by atoms with E-state index in [1.165, 1.54) is 42.9 Å². The van der Waals surface area contributed by atoms with Crippen molar-refractivity contribution in [1.82, 2.24) is 9.78 Å². The van der Waals surface area contributed by atoms with Crippen LogP contribution >= 0.6 is 0 Å². The van der Waals surface area contributed by atoms with Crippen molar-refractivity contribution in [2.45, 2.75) is 71.8 Å². The van der Waals surface area contributed by atoms with Crippen LogP contribution in [-0.4, -0.2) is 34.7 Å². The summed E-state index contributed by atoms with van der Waals surface area (Å²) in [4.78, 5) is 23.7. The van der Waals surface area contributed by atoms with Gasteiger partial charge in [0.25, 0.3) is 5.91 Å². The van der Waals surface area contributed by atoms with Gasteiger partial charge in [0, 0.05) is 25.3 Å². The molecule has 0 bridgehead atoms. The lowest BCUT2D eigenvalue weighted by molar-refractivity contribution is 0.0710. The molecule has 34 heavy (non-hydrogen) atoms. The minimum atomic E-state index is -0.925. The maximum atomic E-state index is 14.2. The van der Waals surface area contributed by atoms with Gasteiger partial charge in [-0.15, -0.1) is 12.8 Å². The second kappa shape index (κ2) is 11.3. The van der Waals surface area contributed by atoms with E-state index >= 15 is 0 Å². The molecule has 1 amide bonds. The molecule has 1 saturated carbocycles. The van der Waals surface area contributed by atoms with Gasteiger partial charge in [0.1, 0.15) is 5.82 Å². The molecule has 1 aromatic carbocycles. The fraction of sp³-hybridized carbons (Fsp3) is 0.500. The summed E-state index contributed by atoms with van der Waals surface area (Å²) in [5.74, 6) is -1.69. The van der Waals surface area contributed by atoms with Gasteiger partial charge in [0.05, 0.1) is 34.3 Å².